The Morgan fingerprint density at radius 3 is 1.04 bits per heavy atom. The van der Waals surface area contributed by atoms with Crippen LogP contribution in [0.25, 0.3) is 43.6 Å². The van der Waals surface area contributed by atoms with E-state index in [1.807, 2.05) is 43.0 Å². The minimum Gasteiger partial charge on any atom is -0.361 e. The van der Waals surface area contributed by atoms with E-state index in [-0.39, 0.29) is 39.0 Å². The van der Waals surface area contributed by atoms with Crippen LogP contribution in [0.5, 0.6) is 0 Å². The predicted octanol–water partition coefficient (Wildman–Crippen LogP) is 12.2. The number of benzene rings is 4. The second-order valence-corrected chi connectivity index (χ2v) is 31.9. The molecule has 15 rings (SSSR count). The summed E-state index contributed by atoms with van der Waals surface area (Å²) >= 11 is 0. The summed E-state index contributed by atoms with van der Waals surface area (Å²) in [5.41, 5.74) is 8.09. The summed E-state index contributed by atoms with van der Waals surface area (Å²) in [5, 5.41) is 17.7. The molecule has 0 spiro atoms. The van der Waals surface area contributed by atoms with Gasteiger partial charge in [-0.1, -0.05) is 17.9 Å². The van der Waals surface area contributed by atoms with Gasteiger partial charge in [-0.05, 0) is 215 Å². The highest BCUT2D eigenvalue weighted by molar-refractivity contribution is 7.90. The molecular formula is C64H78F4N12O6S3. The van der Waals surface area contributed by atoms with E-state index in [0.717, 1.165) is 152 Å². The Morgan fingerprint density at radius 2 is 0.742 bits per heavy atom. The van der Waals surface area contributed by atoms with Gasteiger partial charge in [-0.3, -0.25) is 0 Å². The first-order valence-corrected chi connectivity index (χ1v) is 35.8. The summed E-state index contributed by atoms with van der Waals surface area (Å²) in [7, 11) is -9.34. The summed E-state index contributed by atoms with van der Waals surface area (Å²) in [6, 6.07) is 19.3. The van der Waals surface area contributed by atoms with Gasteiger partial charge < -0.3 is 24.8 Å². The van der Waals surface area contributed by atoms with E-state index in [1.54, 1.807) is 38.9 Å². The molecule has 6 aliphatic rings. The molecule has 4 aliphatic heterocycles. The summed E-state index contributed by atoms with van der Waals surface area (Å²) in [6.07, 6.45) is 20.1. The van der Waals surface area contributed by atoms with Crippen molar-refractivity contribution in [1.29, 1.82) is 0 Å². The Kier molecular flexibility index (Phi) is 18.5. The number of tetrazole rings is 1. The molecule has 4 saturated heterocycles. The fraction of sp³-hybridized carbons (Fsp3) is 0.484. The second-order valence-electron chi connectivity index (χ2n) is 25.0. The van der Waals surface area contributed by atoms with Crippen LogP contribution >= 0.6 is 0 Å². The SMILES string of the molecule is CC(C)S(=O)(=O)N1CCC(c2c[nH]c3cc(F)ccc23)CC1.Fc1ccc2c(C3CCN(c4nn[nH]n4)CC3)c[nH]c2c1.O=S(=O)(C1CC1)N1CCC(c2c[nH]c3cc(F)ccc23)CC1.O=S(=O)(C1CCCC1)N1CCC(c2c[nH]c3cc(F)ccc23)CC1. The first-order valence-electron chi connectivity index (χ1n) is 31.3. The summed E-state index contributed by atoms with van der Waals surface area (Å²) in [6.45, 7) is 8.73. The van der Waals surface area contributed by atoms with Crippen LogP contribution in [0, 0.1) is 23.3 Å². The van der Waals surface area contributed by atoms with E-state index < -0.39 is 30.1 Å². The van der Waals surface area contributed by atoms with Crippen molar-refractivity contribution in [1.82, 2.24) is 53.5 Å². The number of hydrogen-bond acceptors (Lipinski definition) is 10. The topological polar surface area (TPSA) is 233 Å². The fourth-order valence-corrected chi connectivity index (χ4v) is 19.3. The number of hydrogen-bond donors (Lipinski definition) is 5. The zero-order valence-electron chi connectivity index (χ0n) is 50.2. The van der Waals surface area contributed by atoms with Gasteiger partial charge in [-0.25, -0.2) is 55.7 Å². The summed E-state index contributed by atoms with van der Waals surface area (Å²) in [5.74, 6) is 1.19. The fourth-order valence-electron chi connectivity index (χ4n) is 14.1. The van der Waals surface area contributed by atoms with E-state index in [9.17, 15) is 42.8 Å². The third kappa shape index (κ3) is 13.6. The van der Waals surface area contributed by atoms with Crippen molar-refractivity contribution in [2.75, 3.05) is 57.3 Å². The van der Waals surface area contributed by atoms with Gasteiger partial charge in [0.1, 0.15) is 23.3 Å². The van der Waals surface area contributed by atoms with Gasteiger partial charge in [-0.15, -0.1) is 5.10 Å². The number of rotatable bonds is 11. The molecule has 0 amide bonds. The predicted molar refractivity (Wildman–Crippen MR) is 339 cm³/mol. The maximum Gasteiger partial charge on any atom is 0.265 e. The number of anilines is 1. The zero-order chi connectivity index (χ0) is 62.2. The van der Waals surface area contributed by atoms with Crippen LogP contribution < -0.4 is 4.90 Å². The molecule has 9 aromatic rings. The normalized spacial score (nSPS) is 19.7. The number of H-pyrrole nitrogens is 5. The van der Waals surface area contributed by atoms with Crippen LogP contribution in [-0.4, -0.2) is 147 Å². The van der Waals surface area contributed by atoms with Crippen molar-refractivity contribution in [3.8, 4) is 0 Å². The summed E-state index contributed by atoms with van der Waals surface area (Å²) < 4.78 is 132. The van der Waals surface area contributed by atoms with Gasteiger partial charge in [0.05, 0.1) is 15.7 Å². The minimum absolute atomic E-state index is 0.125. The van der Waals surface area contributed by atoms with Crippen LogP contribution in [0.1, 0.15) is 150 Å². The number of sulfonamides is 3. The molecule has 9 heterocycles. The van der Waals surface area contributed by atoms with Crippen LogP contribution in [0.2, 0.25) is 0 Å². The Bertz CT molecular complexity index is 4120. The second kappa shape index (κ2) is 26.3. The van der Waals surface area contributed by atoms with Gasteiger partial charge in [0.15, 0.2) is 0 Å². The first-order chi connectivity index (χ1) is 42.8. The highest BCUT2D eigenvalue weighted by Gasteiger charge is 2.42. The number of fused-ring (bicyclic) bond motifs is 4. The lowest BCUT2D eigenvalue weighted by atomic mass is 9.89. The Labute approximate surface area is 516 Å². The van der Waals surface area contributed by atoms with E-state index in [0.29, 0.717) is 68.9 Å². The molecule has 2 saturated carbocycles. The quantitative estimate of drug-likeness (QED) is 0.0769. The third-order valence-electron chi connectivity index (χ3n) is 19.3. The molecule has 476 valence electrons. The van der Waals surface area contributed by atoms with Gasteiger partial charge in [-0.2, -0.15) is 5.21 Å². The molecule has 0 radical (unpaired) electrons. The van der Waals surface area contributed by atoms with Crippen molar-refractivity contribution in [3.63, 3.8) is 0 Å². The van der Waals surface area contributed by atoms with Crippen molar-refractivity contribution in [2.45, 2.75) is 143 Å². The number of nitrogens with one attached hydrogen (secondary N) is 5. The molecule has 5 aromatic heterocycles. The molecule has 18 nitrogen and oxygen atoms in total. The first kappa shape index (κ1) is 62.5. The maximum atomic E-state index is 13.3. The van der Waals surface area contributed by atoms with Gasteiger partial charge in [0.25, 0.3) is 5.95 Å². The maximum absolute atomic E-state index is 13.3. The third-order valence-corrected chi connectivity index (χ3v) is 26.4. The lowest BCUT2D eigenvalue weighted by molar-refractivity contribution is 0.316. The average molecular weight is 1280 g/mol. The Hall–Kier alpha value is -6.64. The van der Waals surface area contributed by atoms with Crippen LogP contribution in [0.3, 0.4) is 0 Å². The van der Waals surface area contributed by atoms with E-state index in [4.69, 9.17) is 0 Å². The van der Waals surface area contributed by atoms with Crippen molar-refractivity contribution < 1.29 is 42.8 Å². The average Bonchev–Trinajstić information content (AvgIpc) is 2.45. The molecule has 5 N–H and O–H groups in total. The molecule has 6 fully saturated rings. The number of nitrogens with zero attached hydrogens (tertiary/aromatic N) is 7. The van der Waals surface area contributed by atoms with Crippen molar-refractivity contribution in [3.05, 3.63) is 143 Å². The van der Waals surface area contributed by atoms with Crippen molar-refractivity contribution >= 4 is 79.6 Å². The zero-order valence-corrected chi connectivity index (χ0v) is 52.6. The van der Waals surface area contributed by atoms with Gasteiger partial charge in [0, 0.05) is 121 Å². The van der Waals surface area contributed by atoms with Crippen LogP contribution in [0.15, 0.2) is 97.6 Å². The molecule has 0 atom stereocenters. The highest BCUT2D eigenvalue weighted by atomic mass is 32.2. The molecule has 89 heavy (non-hydrogen) atoms. The number of aromatic amines is 5. The highest BCUT2D eigenvalue weighted by Crippen LogP contribution is 2.40. The van der Waals surface area contributed by atoms with E-state index >= 15 is 0 Å². The lowest BCUT2D eigenvalue weighted by Crippen LogP contribution is -2.42. The van der Waals surface area contributed by atoms with Gasteiger partial charge >= 0.3 is 0 Å². The standard InChI is InChI=1S/C18H23FN2O2S.C16H19FN2O2S.C16H21FN2O2S.C14H15FN6/c19-14-5-6-16-17(12-20-18(16)11-14)13-7-9-21(10-8-13)24(22,23)15-3-1-2-4-15;17-12-1-4-14-15(10-18-16(14)9-12)11-5-7-19(8-6-11)22(20,21)13-2-3-13;1-11(2)22(20,21)19-7-5-12(6-8-19)15-10-18-16-9-13(17)3-4-14(15)16;15-10-1-2-11-12(8-16-13(11)7-10)9-3-5-21(6-4-9)14-17-19-20-18-14/h5-6,11-13,15,20H,1-4,7-10H2;1,4,9-11,13,18H,2-3,5-8H2;3-4,9-12,18H,5-8H2,1-2H3;1-2,7-9,16H,3-6H2,(H,17,18,19,20). The Morgan fingerprint density at radius 1 is 0.427 bits per heavy atom. The number of aromatic nitrogens is 8. The van der Waals surface area contributed by atoms with Crippen LogP contribution in [-0.2, 0) is 30.1 Å². The molecule has 0 unspecified atom stereocenters. The monoisotopic (exact) mass is 1280 g/mol. The largest absolute Gasteiger partial charge is 0.361 e. The van der Waals surface area contributed by atoms with Crippen molar-refractivity contribution in [2.24, 2.45) is 0 Å². The molecule has 4 aromatic carbocycles. The minimum atomic E-state index is -3.16. The molecule has 25 heteroatoms. The van der Waals surface area contributed by atoms with Crippen LogP contribution in [0.4, 0.5) is 23.5 Å². The molecule has 2 aliphatic carbocycles. The lowest BCUT2D eigenvalue weighted by Gasteiger charge is -2.33. The van der Waals surface area contributed by atoms with Gasteiger partial charge in [0.2, 0.25) is 30.1 Å². The number of piperidine rings is 4. The van der Waals surface area contributed by atoms with E-state index in [1.165, 1.54) is 59.2 Å². The smallest absolute Gasteiger partial charge is 0.265 e. The van der Waals surface area contributed by atoms with E-state index in [2.05, 4.69) is 45.5 Å². The summed E-state index contributed by atoms with van der Waals surface area (Å²) in [4.78, 5) is 14.7. The molecular weight excluding hydrogens is 1200 g/mol. The number of halogens is 4. The molecule has 0 bridgehead atoms. The Balaban J connectivity index is 0.000000115.